The first kappa shape index (κ1) is 26.3. The van der Waals surface area contributed by atoms with Crippen molar-refractivity contribution in [1.82, 2.24) is 15.2 Å². The lowest BCUT2D eigenvalue weighted by Crippen LogP contribution is -2.39. The molecule has 0 saturated heterocycles. The van der Waals surface area contributed by atoms with Crippen LogP contribution in [-0.2, 0) is 22.4 Å². The zero-order chi connectivity index (χ0) is 26.2. The molecular formula is C28H32N4O4S. The van der Waals surface area contributed by atoms with E-state index in [1.54, 1.807) is 41.7 Å². The van der Waals surface area contributed by atoms with Gasteiger partial charge in [-0.3, -0.25) is 14.4 Å². The minimum absolute atomic E-state index is 0.0437. The summed E-state index contributed by atoms with van der Waals surface area (Å²) in [4.78, 5) is 44.2. The molecule has 0 spiro atoms. The van der Waals surface area contributed by atoms with Crippen LogP contribution in [0.25, 0.3) is 0 Å². The molecule has 1 atom stereocenters. The van der Waals surface area contributed by atoms with Crippen molar-refractivity contribution in [2.45, 2.75) is 51.1 Å². The molecule has 0 bridgehead atoms. The van der Waals surface area contributed by atoms with Crippen LogP contribution in [0.3, 0.4) is 0 Å². The third-order valence-electron chi connectivity index (χ3n) is 6.16. The summed E-state index contributed by atoms with van der Waals surface area (Å²) in [6.45, 7) is 1.94. The van der Waals surface area contributed by atoms with Crippen LogP contribution in [0.1, 0.15) is 47.8 Å². The second-order valence-electron chi connectivity index (χ2n) is 9.25. The first-order valence-electron chi connectivity index (χ1n) is 12.4. The zero-order valence-electron chi connectivity index (χ0n) is 21.1. The molecule has 3 amide bonds. The molecular weight excluding hydrogens is 488 g/mol. The third-order valence-corrected chi connectivity index (χ3v) is 6.96. The molecule has 0 aliphatic heterocycles. The number of aromatic nitrogens is 1. The van der Waals surface area contributed by atoms with Gasteiger partial charge in [0.25, 0.3) is 5.91 Å². The zero-order valence-corrected chi connectivity index (χ0v) is 21.9. The Balaban J connectivity index is 1.24. The second kappa shape index (κ2) is 12.5. The number of anilines is 1. The normalized spacial score (nSPS) is 13.5. The lowest BCUT2D eigenvalue weighted by molar-refractivity contribution is -0.121. The van der Waals surface area contributed by atoms with Gasteiger partial charge < -0.3 is 20.3 Å². The van der Waals surface area contributed by atoms with Crippen molar-refractivity contribution >= 4 is 34.2 Å². The van der Waals surface area contributed by atoms with Crippen molar-refractivity contribution in [2.24, 2.45) is 0 Å². The summed E-state index contributed by atoms with van der Waals surface area (Å²) in [5.74, 6) is 0.0720. The van der Waals surface area contributed by atoms with Gasteiger partial charge in [-0.15, -0.1) is 11.3 Å². The van der Waals surface area contributed by atoms with Crippen LogP contribution in [0.15, 0.2) is 60.0 Å². The van der Waals surface area contributed by atoms with Gasteiger partial charge in [-0.1, -0.05) is 30.3 Å². The summed E-state index contributed by atoms with van der Waals surface area (Å²) in [6, 6.07) is 17.2. The molecule has 1 heterocycles. The van der Waals surface area contributed by atoms with Crippen LogP contribution < -0.4 is 15.4 Å². The molecule has 8 nitrogen and oxygen atoms in total. The highest BCUT2D eigenvalue weighted by atomic mass is 32.1. The number of amides is 3. The number of thiazole rings is 1. The highest BCUT2D eigenvalue weighted by Gasteiger charge is 2.34. The Morgan fingerprint density at radius 1 is 1.08 bits per heavy atom. The lowest BCUT2D eigenvalue weighted by atomic mass is 10.1. The van der Waals surface area contributed by atoms with Gasteiger partial charge in [-0.05, 0) is 62.4 Å². The maximum absolute atomic E-state index is 13.0. The van der Waals surface area contributed by atoms with Gasteiger partial charge in [0.05, 0.1) is 19.2 Å². The van der Waals surface area contributed by atoms with Crippen LogP contribution >= 0.6 is 11.3 Å². The lowest BCUT2D eigenvalue weighted by Gasteiger charge is -2.21. The van der Waals surface area contributed by atoms with Crippen molar-refractivity contribution in [2.75, 3.05) is 19.0 Å². The maximum Gasteiger partial charge on any atom is 0.254 e. The molecule has 2 N–H and O–H groups in total. The number of hydrogen-bond donors (Lipinski definition) is 2. The molecule has 2 aromatic carbocycles. The summed E-state index contributed by atoms with van der Waals surface area (Å²) < 4.78 is 5.15. The number of aryl methyl sites for hydroxylation is 1. The Morgan fingerprint density at radius 2 is 1.81 bits per heavy atom. The largest absolute Gasteiger partial charge is 0.497 e. The fourth-order valence-electron chi connectivity index (χ4n) is 4.00. The molecule has 0 radical (unpaired) electrons. The second-order valence-corrected chi connectivity index (χ2v) is 10.1. The van der Waals surface area contributed by atoms with E-state index in [1.807, 2.05) is 25.1 Å². The standard InChI is InChI=1S/C28H32N4O4S/c1-19(8-9-20-6-4-3-5-7-20)29-25(33)16-22-18-37-28(30-22)31-26(34)17-32(23-12-13-23)27(35)21-10-14-24(36-2)15-11-21/h3-7,10-11,14-15,18-19,23H,8-9,12-13,16-17H2,1-2H3,(H,29,33)(H,30,31,34)/t19-/m0/s1. The van der Waals surface area contributed by atoms with Crippen LogP contribution in [0, 0.1) is 0 Å². The van der Waals surface area contributed by atoms with Gasteiger partial charge >= 0.3 is 0 Å². The number of carbonyl (C=O) groups excluding carboxylic acids is 3. The first-order chi connectivity index (χ1) is 17.9. The molecule has 9 heteroatoms. The quantitative estimate of drug-likeness (QED) is 0.375. The molecule has 194 valence electrons. The number of ether oxygens (including phenoxy) is 1. The summed E-state index contributed by atoms with van der Waals surface area (Å²) >= 11 is 1.27. The van der Waals surface area contributed by atoms with Gasteiger partial charge in [0.15, 0.2) is 5.13 Å². The van der Waals surface area contributed by atoms with E-state index in [1.165, 1.54) is 16.9 Å². The van der Waals surface area contributed by atoms with Crippen LogP contribution in [-0.4, -0.2) is 53.3 Å². The number of nitrogens with one attached hydrogen (secondary N) is 2. The van der Waals surface area contributed by atoms with E-state index in [-0.39, 0.29) is 42.8 Å². The van der Waals surface area contributed by atoms with E-state index in [9.17, 15) is 14.4 Å². The van der Waals surface area contributed by atoms with Crippen molar-refractivity contribution in [3.05, 3.63) is 76.8 Å². The van der Waals surface area contributed by atoms with E-state index in [4.69, 9.17) is 4.74 Å². The topological polar surface area (TPSA) is 101 Å². The van der Waals surface area contributed by atoms with Crippen molar-refractivity contribution in [3.8, 4) is 5.75 Å². The Hall–Kier alpha value is -3.72. The van der Waals surface area contributed by atoms with Gasteiger partial charge in [0.2, 0.25) is 11.8 Å². The fraction of sp³-hybridized carbons (Fsp3) is 0.357. The Labute approximate surface area is 221 Å². The summed E-state index contributed by atoms with van der Waals surface area (Å²) in [6.07, 6.45) is 3.66. The molecule has 1 aliphatic carbocycles. The number of hydrogen-bond acceptors (Lipinski definition) is 6. The van der Waals surface area contributed by atoms with Crippen LogP contribution in [0.5, 0.6) is 5.75 Å². The van der Waals surface area contributed by atoms with Gasteiger partial charge in [0.1, 0.15) is 12.3 Å². The highest BCUT2D eigenvalue weighted by molar-refractivity contribution is 7.13. The smallest absolute Gasteiger partial charge is 0.254 e. The number of methoxy groups -OCH3 is 1. The van der Waals surface area contributed by atoms with E-state index >= 15 is 0 Å². The molecule has 1 fully saturated rings. The molecule has 1 saturated carbocycles. The summed E-state index contributed by atoms with van der Waals surface area (Å²) in [5.41, 5.74) is 2.36. The number of rotatable bonds is 12. The average Bonchev–Trinajstić information content (AvgIpc) is 3.66. The van der Waals surface area contributed by atoms with E-state index in [0.717, 1.165) is 25.7 Å². The predicted octanol–water partition coefficient (Wildman–Crippen LogP) is 4.08. The molecule has 1 aliphatic rings. The molecule has 37 heavy (non-hydrogen) atoms. The molecule has 0 unspecified atom stereocenters. The summed E-state index contributed by atoms with van der Waals surface area (Å²) in [7, 11) is 1.57. The van der Waals surface area contributed by atoms with E-state index in [0.29, 0.717) is 22.1 Å². The monoisotopic (exact) mass is 520 g/mol. The Bertz CT molecular complexity index is 1210. The predicted molar refractivity (Wildman–Crippen MR) is 144 cm³/mol. The SMILES string of the molecule is COc1ccc(C(=O)N(CC(=O)Nc2nc(CC(=O)N[C@@H](C)CCc3ccccc3)cs2)C2CC2)cc1. The maximum atomic E-state index is 13.0. The fourth-order valence-corrected chi connectivity index (χ4v) is 4.73. The van der Waals surface area contributed by atoms with Gasteiger partial charge in [-0.2, -0.15) is 0 Å². The van der Waals surface area contributed by atoms with Crippen molar-refractivity contribution in [3.63, 3.8) is 0 Å². The van der Waals surface area contributed by atoms with E-state index < -0.39 is 0 Å². The number of benzene rings is 2. The molecule has 1 aromatic heterocycles. The number of nitrogens with zero attached hydrogens (tertiary/aromatic N) is 2. The Morgan fingerprint density at radius 3 is 2.49 bits per heavy atom. The van der Waals surface area contributed by atoms with Crippen molar-refractivity contribution in [1.29, 1.82) is 0 Å². The minimum atomic E-state index is -0.311. The van der Waals surface area contributed by atoms with Crippen LogP contribution in [0.2, 0.25) is 0 Å². The molecule has 4 rings (SSSR count). The molecule has 3 aromatic rings. The first-order valence-corrected chi connectivity index (χ1v) is 13.3. The van der Waals surface area contributed by atoms with Gasteiger partial charge in [0, 0.05) is 23.0 Å². The summed E-state index contributed by atoms with van der Waals surface area (Å²) in [5, 5.41) is 7.97. The minimum Gasteiger partial charge on any atom is -0.497 e. The van der Waals surface area contributed by atoms with Crippen molar-refractivity contribution < 1.29 is 19.1 Å². The number of carbonyl (C=O) groups is 3. The van der Waals surface area contributed by atoms with Gasteiger partial charge in [-0.25, -0.2) is 4.98 Å². The average molecular weight is 521 g/mol. The van der Waals surface area contributed by atoms with Crippen LogP contribution in [0.4, 0.5) is 5.13 Å². The Kier molecular flexibility index (Phi) is 8.90. The highest BCUT2D eigenvalue weighted by Crippen LogP contribution is 2.28. The van der Waals surface area contributed by atoms with E-state index in [2.05, 4.69) is 27.8 Å². The third kappa shape index (κ3) is 7.88.